The number of hydrogen-bond acceptors (Lipinski definition) is 6. The van der Waals surface area contributed by atoms with E-state index in [0.717, 1.165) is 11.9 Å². The van der Waals surface area contributed by atoms with Crippen molar-refractivity contribution in [3.8, 4) is 0 Å². The smallest absolute Gasteiger partial charge is 0.379 e. The van der Waals surface area contributed by atoms with E-state index in [2.05, 4.69) is 23.6 Å². The zero-order valence-electron chi connectivity index (χ0n) is 25.4. The van der Waals surface area contributed by atoms with Crippen molar-refractivity contribution in [1.29, 1.82) is 10.8 Å². The van der Waals surface area contributed by atoms with E-state index in [1.807, 2.05) is 12.1 Å². The Labute approximate surface area is 255 Å². The molecule has 0 spiro atoms. The number of fused-ring (bicyclic) bond motifs is 1. The number of nitrogens with zero attached hydrogens (tertiary/aromatic N) is 4. The van der Waals surface area contributed by atoms with E-state index in [4.69, 9.17) is 15.6 Å². The van der Waals surface area contributed by atoms with Crippen molar-refractivity contribution in [2.45, 2.75) is 51.0 Å². The van der Waals surface area contributed by atoms with Crippen molar-refractivity contribution < 1.29 is 27.1 Å². The summed E-state index contributed by atoms with van der Waals surface area (Å²) in [5.74, 6) is -0.0194. The molecule has 1 amide bonds. The van der Waals surface area contributed by atoms with Gasteiger partial charge in [0.25, 0.3) is 5.91 Å². The normalized spacial score (nSPS) is 20.5. The van der Waals surface area contributed by atoms with Gasteiger partial charge in [0.05, 0.1) is 31.7 Å². The fraction of sp³-hybridized carbons (Fsp3) is 0.531. The summed E-state index contributed by atoms with van der Waals surface area (Å²) >= 11 is 0. The first-order chi connectivity index (χ1) is 20.9. The number of amidine groups is 1. The van der Waals surface area contributed by atoms with E-state index in [1.54, 1.807) is 25.2 Å². The van der Waals surface area contributed by atoms with E-state index in [0.29, 0.717) is 57.1 Å². The lowest BCUT2D eigenvalue weighted by Crippen LogP contribution is -2.55. The van der Waals surface area contributed by atoms with Gasteiger partial charge in [-0.25, -0.2) is 4.39 Å². The highest BCUT2D eigenvalue weighted by Crippen LogP contribution is 2.42. The molecule has 3 aliphatic heterocycles. The molecule has 12 heteroatoms. The molecule has 2 aromatic carbocycles. The minimum absolute atomic E-state index is 0.0269. The predicted molar refractivity (Wildman–Crippen MR) is 161 cm³/mol. The molecule has 44 heavy (non-hydrogen) atoms. The number of benzene rings is 2. The summed E-state index contributed by atoms with van der Waals surface area (Å²) in [6.45, 7) is 6.71. The van der Waals surface area contributed by atoms with Crippen molar-refractivity contribution in [3.05, 3.63) is 64.2 Å². The third-order valence-electron chi connectivity index (χ3n) is 9.23. The molecular weight excluding hydrogens is 576 g/mol. The highest BCUT2D eigenvalue weighted by Gasteiger charge is 2.44. The van der Waals surface area contributed by atoms with Gasteiger partial charge in [-0.1, -0.05) is 26.0 Å². The molecule has 3 heterocycles. The molecule has 238 valence electrons. The number of carbonyl (C=O) groups excluding carboxylic acids is 1. The second kappa shape index (κ2) is 12.6. The van der Waals surface area contributed by atoms with Crippen LogP contribution in [0.15, 0.2) is 36.4 Å². The van der Waals surface area contributed by atoms with Crippen molar-refractivity contribution in [2.24, 2.45) is 5.92 Å². The van der Waals surface area contributed by atoms with E-state index in [9.17, 15) is 22.4 Å². The van der Waals surface area contributed by atoms with Gasteiger partial charge < -0.3 is 14.5 Å². The van der Waals surface area contributed by atoms with E-state index in [-0.39, 0.29) is 42.0 Å². The minimum Gasteiger partial charge on any atom is -0.379 e. The van der Waals surface area contributed by atoms with Gasteiger partial charge >= 0.3 is 6.18 Å². The van der Waals surface area contributed by atoms with Gasteiger partial charge in [-0.15, -0.1) is 0 Å². The Morgan fingerprint density at radius 3 is 2.57 bits per heavy atom. The van der Waals surface area contributed by atoms with Crippen molar-refractivity contribution in [1.82, 2.24) is 14.7 Å². The van der Waals surface area contributed by atoms with Crippen LogP contribution >= 0.6 is 0 Å². The third kappa shape index (κ3) is 6.25. The van der Waals surface area contributed by atoms with Crippen LogP contribution in [-0.4, -0.2) is 91.9 Å². The topological polar surface area (TPSA) is 87.0 Å². The maximum absolute atomic E-state index is 14.4. The lowest BCUT2D eigenvalue weighted by Gasteiger charge is -2.43. The molecule has 0 unspecified atom stereocenters. The Bertz CT molecular complexity index is 1410. The predicted octanol–water partition coefficient (Wildman–Crippen LogP) is 5.15. The number of halogens is 4. The summed E-state index contributed by atoms with van der Waals surface area (Å²) in [5.41, 5.74) is 0.474. The zero-order chi connectivity index (χ0) is 31.8. The standard InChI is InChI=1S/C32H40F4N6O2/c1-21(2)28-17-40(8-7-33)9-10-41(28)15-22-11-25-26(27(12-22)32(34,35)36)16-42(30(25)43)24-6-4-5-23(13-24)31(18-44-19-31)14-29(38)39(3)20-37/h4-6,11-13,20-21,28,37-38H,7-10,14-19H2,1-3H3/t28-/m1/s1. The Balaban J connectivity index is 1.43. The average Bonchev–Trinajstić information content (AvgIpc) is 3.30. The number of amides is 1. The fourth-order valence-electron chi connectivity index (χ4n) is 6.56. The van der Waals surface area contributed by atoms with E-state index < -0.39 is 29.7 Å². The zero-order valence-corrected chi connectivity index (χ0v) is 25.4. The van der Waals surface area contributed by atoms with Crippen LogP contribution in [-0.2, 0) is 29.4 Å². The maximum atomic E-state index is 14.4. The molecule has 8 nitrogen and oxygen atoms in total. The highest BCUT2D eigenvalue weighted by atomic mass is 19.4. The molecular formula is C32H40F4N6O2. The molecule has 2 saturated heterocycles. The first kappa shape index (κ1) is 32.1. The van der Waals surface area contributed by atoms with E-state index in [1.165, 1.54) is 15.9 Å². The fourth-order valence-corrected chi connectivity index (χ4v) is 6.56. The van der Waals surface area contributed by atoms with Gasteiger partial charge in [0.1, 0.15) is 12.5 Å². The SMILES string of the molecule is CC(C)[C@H]1CN(CCF)CCN1Cc1cc2c(c(C(F)(F)F)c1)CN(c1cccc(C3(CC(=N)N(C)C=N)COC3)c1)C2=O. The van der Waals surface area contributed by atoms with Crippen molar-refractivity contribution in [3.63, 3.8) is 0 Å². The molecule has 1 atom stereocenters. The maximum Gasteiger partial charge on any atom is 0.416 e. The van der Waals surface area contributed by atoms with Gasteiger partial charge in [-0.05, 0) is 46.9 Å². The number of rotatable bonds is 10. The number of ether oxygens (including phenoxy) is 1. The summed E-state index contributed by atoms with van der Waals surface area (Å²) in [4.78, 5) is 20.8. The molecule has 2 aromatic rings. The average molecular weight is 617 g/mol. The Morgan fingerprint density at radius 1 is 1.20 bits per heavy atom. The monoisotopic (exact) mass is 616 g/mol. The Kier molecular flexibility index (Phi) is 9.16. The summed E-state index contributed by atoms with van der Waals surface area (Å²) in [7, 11) is 1.63. The summed E-state index contributed by atoms with van der Waals surface area (Å²) < 4.78 is 61.9. The summed E-state index contributed by atoms with van der Waals surface area (Å²) in [5, 5.41) is 15.8. The second-order valence-corrected chi connectivity index (χ2v) is 12.5. The molecule has 2 N–H and O–H groups in total. The number of alkyl halides is 4. The Morgan fingerprint density at radius 2 is 1.95 bits per heavy atom. The molecule has 2 fully saturated rings. The van der Waals surface area contributed by atoms with Crippen molar-refractivity contribution in [2.75, 3.05) is 58.0 Å². The highest BCUT2D eigenvalue weighted by molar-refractivity contribution is 6.10. The molecule has 0 aliphatic carbocycles. The van der Waals surface area contributed by atoms with E-state index >= 15 is 0 Å². The van der Waals surface area contributed by atoms with Crippen molar-refractivity contribution >= 4 is 23.8 Å². The van der Waals surface area contributed by atoms with Crippen LogP contribution in [0.2, 0.25) is 0 Å². The number of nitrogens with one attached hydrogen (secondary N) is 2. The van der Waals surface area contributed by atoms with Crippen LogP contribution in [0.1, 0.15) is 52.9 Å². The van der Waals surface area contributed by atoms with Crippen LogP contribution in [0.5, 0.6) is 0 Å². The molecule has 0 bridgehead atoms. The largest absolute Gasteiger partial charge is 0.416 e. The molecule has 0 radical (unpaired) electrons. The van der Waals surface area contributed by atoms with Gasteiger partial charge in [0.2, 0.25) is 0 Å². The quantitative estimate of drug-likeness (QED) is 0.219. The number of anilines is 1. The van der Waals surface area contributed by atoms with Crippen LogP contribution in [0.4, 0.5) is 23.2 Å². The van der Waals surface area contributed by atoms with Crippen LogP contribution in [0.3, 0.4) is 0 Å². The van der Waals surface area contributed by atoms with Gasteiger partial charge in [-0.3, -0.25) is 25.4 Å². The first-order valence-corrected chi connectivity index (χ1v) is 14.9. The third-order valence-corrected chi connectivity index (χ3v) is 9.23. The van der Waals surface area contributed by atoms with Gasteiger partial charge in [0, 0.05) is 68.9 Å². The van der Waals surface area contributed by atoms with Gasteiger partial charge in [0.15, 0.2) is 0 Å². The number of carbonyl (C=O) groups is 1. The lowest BCUT2D eigenvalue weighted by atomic mass is 9.75. The van der Waals surface area contributed by atoms with Crippen LogP contribution in [0, 0.1) is 16.7 Å². The van der Waals surface area contributed by atoms with Crippen LogP contribution < -0.4 is 4.90 Å². The van der Waals surface area contributed by atoms with Crippen LogP contribution in [0.25, 0.3) is 0 Å². The molecule has 3 aliphatic rings. The number of hydrogen-bond donors (Lipinski definition) is 2. The lowest BCUT2D eigenvalue weighted by molar-refractivity contribution is -0.138. The second-order valence-electron chi connectivity index (χ2n) is 12.5. The molecule has 0 saturated carbocycles. The summed E-state index contributed by atoms with van der Waals surface area (Å²) in [6.07, 6.45) is -3.25. The Hall–Kier alpha value is -3.35. The molecule has 0 aromatic heterocycles. The minimum atomic E-state index is -4.63. The number of piperazine rings is 1. The van der Waals surface area contributed by atoms with Gasteiger partial charge in [-0.2, -0.15) is 13.2 Å². The first-order valence-electron chi connectivity index (χ1n) is 14.9. The summed E-state index contributed by atoms with van der Waals surface area (Å²) in [6, 6.07) is 10.0. The molecule has 5 rings (SSSR count).